The van der Waals surface area contributed by atoms with E-state index in [2.05, 4.69) is 10.1 Å². The smallest absolute Gasteiger partial charge is 0.273 e. The molecule has 0 radical (unpaired) electrons. The van der Waals surface area contributed by atoms with Crippen LogP contribution < -0.4 is 10.3 Å². The average molecular weight is 405 g/mol. The van der Waals surface area contributed by atoms with Gasteiger partial charge in [-0.15, -0.1) is 0 Å². The Labute approximate surface area is 179 Å². The van der Waals surface area contributed by atoms with Crippen LogP contribution in [-0.4, -0.2) is 14.8 Å². The lowest BCUT2D eigenvalue weighted by atomic mass is 10.0. The zero-order chi connectivity index (χ0) is 21.0. The van der Waals surface area contributed by atoms with Crippen molar-refractivity contribution in [2.45, 2.75) is 0 Å². The molecule has 0 aliphatic carbocycles. The van der Waals surface area contributed by atoms with Crippen molar-refractivity contribution >= 4 is 0 Å². The van der Waals surface area contributed by atoms with Gasteiger partial charge in [0, 0.05) is 23.4 Å². The minimum atomic E-state index is -0.160. The summed E-state index contributed by atoms with van der Waals surface area (Å²) in [7, 11) is 0. The molecule has 150 valence electrons. The van der Waals surface area contributed by atoms with E-state index in [4.69, 9.17) is 4.74 Å². The zero-order valence-corrected chi connectivity index (χ0v) is 16.6. The van der Waals surface area contributed by atoms with Crippen LogP contribution in [0.5, 0.6) is 11.5 Å². The maximum atomic E-state index is 12.5. The van der Waals surface area contributed by atoms with E-state index in [1.807, 2.05) is 91.0 Å². The fourth-order valence-corrected chi connectivity index (χ4v) is 3.46. The highest BCUT2D eigenvalue weighted by Gasteiger charge is 2.11. The Hall–Kier alpha value is -4.38. The number of nitrogens with zero attached hydrogens (tertiary/aromatic N) is 2. The van der Waals surface area contributed by atoms with Gasteiger partial charge in [-0.05, 0) is 42.0 Å². The van der Waals surface area contributed by atoms with Gasteiger partial charge in [-0.3, -0.25) is 9.89 Å². The predicted molar refractivity (Wildman–Crippen MR) is 122 cm³/mol. The Morgan fingerprint density at radius 2 is 1.52 bits per heavy atom. The molecule has 1 N–H and O–H groups in total. The number of rotatable bonds is 5. The van der Waals surface area contributed by atoms with Gasteiger partial charge in [0.25, 0.3) is 5.56 Å². The molecule has 5 rings (SSSR count). The number of aromatic amines is 1. The lowest BCUT2D eigenvalue weighted by Gasteiger charge is -2.12. The van der Waals surface area contributed by atoms with Crippen molar-refractivity contribution in [3.05, 3.63) is 120 Å². The van der Waals surface area contributed by atoms with Crippen LogP contribution in [0, 0.1) is 0 Å². The normalized spacial score (nSPS) is 10.7. The molecule has 3 aromatic carbocycles. The van der Waals surface area contributed by atoms with Crippen molar-refractivity contribution in [3.8, 4) is 39.7 Å². The largest absolute Gasteiger partial charge is 0.457 e. The molecule has 0 bridgehead atoms. The summed E-state index contributed by atoms with van der Waals surface area (Å²) >= 11 is 0. The van der Waals surface area contributed by atoms with Crippen molar-refractivity contribution < 1.29 is 4.74 Å². The first-order chi connectivity index (χ1) is 15.3. The molecule has 5 heteroatoms. The molecular formula is C26H19N3O2. The van der Waals surface area contributed by atoms with E-state index >= 15 is 0 Å². The molecule has 0 saturated carbocycles. The fraction of sp³-hybridized carbons (Fsp3) is 0. The number of ether oxygens (including phenoxy) is 1. The van der Waals surface area contributed by atoms with Gasteiger partial charge in [-0.25, -0.2) is 9.67 Å². The zero-order valence-electron chi connectivity index (χ0n) is 16.6. The third-order valence-corrected chi connectivity index (χ3v) is 4.94. The number of benzene rings is 3. The van der Waals surface area contributed by atoms with Crippen LogP contribution in [0.3, 0.4) is 0 Å². The molecule has 5 aromatic rings. The molecule has 0 aliphatic heterocycles. The molecule has 0 saturated heterocycles. The Morgan fingerprint density at radius 1 is 0.742 bits per heavy atom. The second-order valence-electron chi connectivity index (χ2n) is 7.02. The van der Waals surface area contributed by atoms with E-state index in [0.717, 1.165) is 33.9 Å². The number of nitrogens with one attached hydrogen (secondary N) is 1. The van der Waals surface area contributed by atoms with Gasteiger partial charge in [0.1, 0.15) is 11.5 Å². The third-order valence-electron chi connectivity index (χ3n) is 4.94. The second kappa shape index (κ2) is 8.16. The summed E-state index contributed by atoms with van der Waals surface area (Å²) in [6, 6.07) is 32.7. The molecule has 0 fully saturated rings. The van der Waals surface area contributed by atoms with Crippen LogP contribution in [0.2, 0.25) is 0 Å². The Morgan fingerprint density at radius 3 is 2.35 bits per heavy atom. The first-order valence-corrected chi connectivity index (χ1v) is 9.94. The molecule has 2 aromatic heterocycles. The van der Waals surface area contributed by atoms with Gasteiger partial charge in [0.05, 0.1) is 5.69 Å². The number of para-hydroxylation sites is 2. The van der Waals surface area contributed by atoms with Crippen molar-refractivity contribution in [3.63, 3.8) is 0 Å². The highest BCUT2D eigenvalue weighted by molar-refractivity contribution is 5.75. The maximum Gasteiger partial charge on any atom is 0.273 e. The summed E-state index contributed by atoms with van der Waals surface area (Å²) < 4.78 is 7.56. The van der Waals surface area contributed by atoms with Crippen LogP contribution in [0.15, 0.2) is 114 Å². The molecule has 0 atom stereocenters. The van der Waals surface area contributed by atoms with Crippen molar-refractivity contribution in [1.29, 1.82) is 0 Å². The predicted octanol–water partition coefficient (Wildman–Crippen LogP) is 5.69. The highest BCUT2D eigenvalue weighted by Crippen LogP contribution is 2.34. The van der Waals surface area contributed by atoms with Gasteiger partial charge in [-0.2, -0.15) is 0 Å². The number of hydrogen-bond acceptors (Lipinski definition) is 3. The second-order valence-corrected chi connectivity index (χ2v) is 7.02. The maximum absolute atomic E-state index is 12.5. The minimum Gasteiger partial charge on any atom is -0.457 e. The van der Waals surface area contributed by atoms with E-state index in [-0.39, 0.29) is 5.56 Å². The first-order valence-electron chi connectivity index (χ1n) is 9.94. The topological polar surface area (TPSA) is 59.9 Å². The highest BCUT2D eigenvalue weighted by atomic mass is 16.5. The minimum absolute atomic E-state index is 0.160. The van der Waals surface area contributed by atoms with Crippen molar-refractivity contribution in [1.82, 2.24) is 14.8 Å². The van der Waals surface area contributed by atoms with Crippen molar-refractivity contribution in [2.75, 3.05) is 0 Å². The van der Waals surface area contributed by atoms with E-state index < -0.39 is 0 Å². The number of hydrogen-bond donors (Lipinski definition) is 1. The monoisotopic (exact) mass is 405 g/mol. The summed E-state index contributed by atoms with van der Waals surface area (Å²) in [5, 5.41) is 3.16. The van der Waals surface area contributed by atoms with E-state index in [0.29, 0.717) is 5.82 Å². The molecule has 31 heavy (non-hydrogen) atoms. The van der Waals surface area contributed by atoms with E-state index in [9.17, 15) is 4.79 Å². The Bertz CT molecular complexity index is 1370. The van der Waals surface area contributed by atoms with Gasteiger partial charge in [0.2, 0.25) is 0 Å². The number of H-pyrrole nitrogens is 1. The third kappa shape index (κ3) is 3.89. The number of aromatic nitrogens is 3. The van der Waals surface area contributed by atoms with Crippen molar-refractivity contribution in [2.24, 2.45) is 0 Å². The van der Waals surface area contributed by atoms with E-state index in [1.165, 1.54) is 4.68 Å². The lowest BCUT2D eigenvalue weighted by Crippen LogP contribution is -2.14. The Kier molecular flexibility index (Phi) is 4.91. The molecule has 0 spiro atoms. The standard InChI is InChI=1S/C26H19N3O2/c30-26-18-23(28-29(26)25-15-6-7-16-27-25)20-10-8-9-19(17-20)22-13-4-5-14-24(22)31-21-11-2-1-3-12-21/h1-18,28H. The average Bonchev–Trinajstić information content (AvgIpc) is 3.22. The van der Waals surface area contributed by atoms with Crippen LogP contribution in [0.1, 0.15) is 0 Å². The SMILES string of the molecule is O=c1cc(-c2cccc(-c3ccccc3Oc3ccccc3)c2)[nH]n1-c1ccccn1. The van der Waals surface area contributed by atoms with Crippen LogP contribution in [-0.2, 0) is 0 Å². The summed E-state index contributed by atoms with van der Waals surface area (Å²) in [5.74, 6) is 2.10. The summed E-state index contributed by atoms with van der Waals surface area (Å²) in [6.07, 6.45) is 1.66. The van der Waals surface area contributed by atoms with E-state index in [1.54, 1.807) is 18.3 Å². The van der Waals surface area contributed by atoms with Gasteiger partial charge >= 0.3 is 0 Å². The van der Waals surface area contributed by atoms with Crippen LogP contribution in [0.4, 0.5) is 0 Å². The van der Waals surface area contributed by atoms with Gasteiger partial charge in [-0.1, -0.05) is 60.7 Å². The molecule has 0 aliphatic rings. The van der Waals surface area contributed by atoms with Crippen LogP contribution in [0.25, 0.3) is 28.2 Å². The summed E-state index contributed by atoms with van der Waals surface area (Å²) in [5.41, 5.74) is 3.43. The molecule has 0 amide bonds. The molecule has 0 unspecified atom stereocenters. The quantitative estimate of drug-likeness (QED) is 0.409. The molecule has 2 heterocycles. The molecular weight excluding hydrogens is 386 g/mol. The summed E-state index contributed by atoms with van der Waals surface area (Å²) in [4.78, 5) is 16.7. The molecule has 5 nitrogen and oxygen atoms in total. The first kappa shape index (κ1) is 18.6. The van der Waals surface area contributed by atoms with Crippen LogP contribution >= 0.6 is 0 Å². The summed E-state index contributed by atoms with van der Waals surface area (Å²) in [6.45, 7) is 0. The Balaban J connectivity index is 1.52. The number of pyridine rings is 1. The van der Waals surface area contributed by atoms with Gasteiger partial charge < -0.3 is 4.74 Å². The lowest BCUT2D eigenvalue weighted by molar-refractivity contribution is 0.484. The fourth-order valence-electron chi connectivity index (χ4n) is 3.46. The van der Waals surface area contributed by atoms with Gasteiger partial charge in [0.15, 0.2) is 5.82 Å².